The van der Waals surface area contributed by atoms with Crippen molar-refractivity contribution in [3.8, 4) is 0 Å². The highest BCUT2D eigenvalue weighted by molar-refractivity contribution is 5.92. The van der Waals surface area contributed by atoms with Gasteiger partial charge in [-0.25, -0.2) is 4.79 Å². The van der Waals surface area contributed by atoms with Crippen LogP contribution in [0.15, 0.2) is 15.7 Å². The molecule has 0 aromatic carbocycles. The molecule has 1 heterocycles. The Kier molecular flexibility index (Phi) is 4.85. The number of hydrogen-bond acceptors (Lipinski definition) is 4. The normalized spacial score (nSPS) is 12.4. The van der Waals surface area contributed by atoms with Crippen molar-refractivity contribution in [3.63, 3.8) is 0 Å². The minimum atomic E-state index is -0.708. The fourth-order valence-corrected chi connectivity index (χ4v) is 1.64. The highest BCUT2D eigenvalue weighted by Crippen LogP contribution is 2.04. The molecule has 0 bridgehead atoms. The third-order valence-electron chi connectivity index (χ3n) is 2.38. The molecule has 0 spiro atoms. The average Bonchev–Trinajstić information content (AvgIpc) is 2.26. The molecule has 7 nitrogen and oxygen atoms in total. The molecule has 5 N–H and O–H groups in total. The number of hydrogen-bond donors (Lipinski definition) is 4. The van der Waals surface area contributed by atoms with Crippen molar-refractivity contribution in [2.75, 3.05) is 6.54 Å². The first-order valence-electron chi connectivity index (χ1n) is 5.77. The highest BCUT2D eigenvalue weighted by Gasteiger charge is 2.14. The van der Waals surface area contributed by atoms with Gasteiger partial charge in [0.1, 0.15) is 5.69 Å². The molecule has 1 amide bonds. The summed E-state index contributed by atoms with van der Waals surface area (Å²) >= 11 is 0. The summed E-state index contributed by atoms with van der Waals surface area (Å²) in [7, 11) is 0. The Hall–Kier alpha value is -1.89. The summed E-state index contributed by atoms with van der Waals surface area (Å²) < 4.78 is 0. The van der Waals surface area contributed by atoms with E-state index in [1.807, 2.05) is 18.8 Å². The first kappa shape index (κ1) is 14.2. The largest absolute Gasteiger partial charge is 0.347 e. The summed E-state index contributed by atoms with van der Waals surface area (Å²) in [4.78, 5) is 38.2. The third kappa shape index (κ3) is 4.17. The molecule has 100 valence electrons. The molecule has 0 saturated carbocycles. The number of carbonyl (C=O) groups excluding carboxylic acids is 1. The lowest BCUT2D eigenvalue weighted by Gasteiger charge is -2.18. The Labute approximate surface area is 104 Å². The van der Waals surface area contributed by atoms with E-state index in [4.69, 9.17) is 5.73 Å². The van der Waals surface area contributed by atoms with Gasteiger partial charge in [-0.3, -0.25) is 14.6 Å². The van der Waals surface area contributed by atoms with Crippen molar-refractivity contribution in [3.05, 3.63) is 32.6 Å². The molecule has 1 rings (SSSR count). The Balaban J connectivity index is 2.80. The first-order valence-corrected chi connectivity index (χ1v) is 5.77. The fraction of sp³-hybridized carbons (Fsp3) is 0.545. The molecule has 0 aliphatic rings. The molecule has 1 unspecified atom stereocenters. The van der Waals surface area contributed by atoms with Crippen molar-refractivity contribution < 1.29 is 4.79 Å². The van der Waals surface area contributed by atoms with E-state index in [0.29, 0.717) is 12.5 Å². The lowest BCUT2D eigenvalue weighted by atomic mass is 10.0. The third-order valence-corrected chi connectivity index (χ3v) is 2.38. The van der Waals surface area contributed by atoms with Gasteiger partial charge in [-0.15, -0.1) is 0 Å². The molecule has 1 atom stereocenters. The van der Waals surface area contributed by atoms with Gasteiger partial charge in [0.05, 0.1) is 0 Å². The van der Waals surface area contributed by atoms with Gasteiger partial charge >= 0.3 is 5.69 Å². The number of carbonyl (C=O) groups is 1. The second-order valence-electron chi connectivity index (χ2n) is 4.54. The van der Waals surface area contributed by atoms with Crippen LogP contribution in [0, 0.1) is 5.92 Å². The van der Waals surface area contributed by atoms with Crippen molar-refractivity contribution >= 4 is 5.91 Å². The maximum Gasteiger partial charge on any atom is 0.326 e. The Morgan fingerprint density at radius 2 is 2.06 bits per heavy atom. The Bertz CT molecular complexity index is 489. The van der Waals surface area contributed by atoms with E-state index in [9.17, 15) is 14.4 Å². The maximum absolute atomic E-state index is 11.8. The van der Waals surface area contributed by atoms with Gasteiger partial charge < -0.3 is 16.0 Å². The van der Waals surface area contributed by atoms with Crippen LogP contribution in [0.1, 0.15) is 30.8 Å². The maximum atomic E-state index is 11.8. The van der Waals surface area contributed by atoms with Crippen molar-refractivity contribution in [1.82, 2.24) is 15.3 Å². The topological polar surface area (TPSA) is 121 Å². The van der Waals surface area contributed by atoms with Gasteiger partial charge in [-0.1, -0.05) is 13.8 Å². The van der Waals surface area contributed by atoms with E-state index >= 15 is 0 Å². The highest BCUT2D eigenvalue weighted by atomic mass is 16.2. The molecule has 0 fully saturated rings. The van der Waals surface area contributed by atoms with E-state index in [-0.39, 0.29) is 11.7 Å². The first-order chi connectivity index (χ1) is 8.42. The molecule has 1 aromatic heterocycles. The van der Waals surface area contributed by atoms with Crippen LogP contribution in [0.25, 0.3) is 0 Å². The van der Waals surface area contributed by atoms with Crippen LogP contribution in [-0.4, -0.2) is 28.5 Å². The number of nitrogens with one attached hydrogen (secondary N) is 3. The predicted molar refractivity (Wildman–Crippen MR) is 67.4 cm³/mol. The summed E-state index contributed by atoms with van der Waals surface area (Å²) in [6.45, 7) is 4.34. The summed E-state index contributed by atoms with van der Waals surface area (Å²) in [6.07, 6.45) is 0.732. The summed E-state index contributed by atoms with van der Waals surface area (Å²) in [6, 6.07) is 0.861. The second-order valence-corrected chi connectivity index (χ2v) is 4.54. The molecule has 18 heavy (non-hydrogen) atoms. The molecular formula is C11H18N4O3. The molecule has 0 aliphatic carbocycles. The lowest BCUT2D eigenvalue weighted by molar-refractivity contribution is 0.0928. The van der Waals surface area contributed by atoms with E-state index in [1.54, 1.807) is 0 Å². The number of amides is 1. The number of aromatic amines is 2. The Morgan fingerprint density at radius 1 is 1.39 bits per heavy atom. The molecule has 0 saturated heterocycles. The zero-order valence-corrected chi connectivity index (χ0v) is 10.4. The van der Waals surface area contributed by atoms with Crippen LogP contribution in [-0.2, 0) is 0 Å². The molecule has 7 heteroatoms. The molecule has 0 radical (unpaired) electrons. The Morgan fingerprint density at radius 3 is 2.56 bits per heavy atom. The van der Waals surface area contributed by atoms with E-state index in [0.717, 1.165) is 12.5 Å². The van der Waals surface area contributed by atoms with E-state index in [1.165, 1.54) is 0 Å². The van der Waals surface area contributed by atoms with Gasteiger partial charge in [0.25, 0.3) is 11.5 Å². The minimum Gasteiger partial charge on any atom is -0.347 e. The van der Waals surface area contributed by atoms with Crippen molar-refractivity contribution in [1.29, 1.82) is 0 Å². The van der Waals surface area contributed by atoms with Crippen LogP contribution in [0.2, 0.25) is 0 Å². The minimum absolute atomic E-state index is 0.0639. The standard InChI is InChI=1S/C11H18N4O3/c1-6(2)3-7(5-12)13-10(17)8-4-9(16)15-11(18)14-8/h4,6-7H,3,5,12H2,1-2H3,(H,13,17)(H2,14,15,16,18). The zero-order valence-electron chi connectivity index (χ0n) is 10.4. The number of H-pyrrole nitrogens is 2. The molecule has 0 aliphatic heterocycles. The van der Waals surface area contributed by atoms with Gasteiger partial charge in [0.15, 0.2) is 0 Å². The monoisotopic (exact) mass is 254 g/mol. The SMILES string of the molecule is CC(C)CC(CN)NC(=O)c1cc(=O)[nH]c(=O)[nH]1. The quantitative estimate of drug-likeness (QED) is 0.547. The van der Waals surface area contributed by atoms with Crippen molar-refractivity contribution in [2.24, 2.45) is 11.7 Å². The smallest absolute Gasteiger partial charge is 0.326 e. The fourth-order valence-electron chi connectivity index (χ4n) is 1.64. The van der Waals surface area contributed by atoms with E-state index < -0.39 is 17.2 Å². The van der Waals surface area contributed by atoms with Crippen LogP contribution in [0.4, 0.5) is 0 Å². The average molecular weight is 254 g/mol. The zero-order chi connectivity index (χ0) is 13.7. The summed E-state index contributed by atoms with van der Waals surface area (Å²) in [5, 5.41) is 2.68. The van der Waals surface area contributed by atoms with Gasteiger partial charge in [-0.05, 0) is 12.3 Å². The lowest BCUT2D eigenvalue weighted by Crippen LogP contribution is -2.42. The van der Waals surface area contributed by atoms with Crippen molar-refractivity contribution in [2.45, 2.75) is 26.3 Å². The van der Waals surface area contributed by atoms with E-state index in [2.05, 4.69) is 10.3 Å². The number of aromatic nitrogens is 2. The molecular weight excluding hydrogens is 236 g/mol. The van der Waals surface area contributed by atoms with Gasteiger partial charge in [0, 0.05) is 18.7 Å². The summed E-state index contributed by atoms with van der Waals surface area (Å²) in [5.74, 6) is -0.119. The van der Waals surface area contributed by atoms with Gasteiger partial charge in [0.2, 0.25) is 0 Å². The summed E-state index contributed by atoms with van der Waals surface area (Å²) in [5.41, 5.74) is 4.17. The van der Waals surface area contributed by atoms with Crippen LogP contribution in [0.3, 0.4) is 0 Å². The van der Waals surface area contributed by atoms with Crippen LogP contribution >= 0.6 is 0 Å². The number of rotatable bonds is 5. The van der Waals surface area contributed by atoms with Crippen LogP contribution < -0.4 is 22.3 Å². The molecule has 1 aromatic rings. The van der Waals surface area contributed by atoms with Gasteiger partial charge in [-0.2, -0.15) is 0 Å². The second kappa shape index (κ2) is 6.15. The predicted octanol–water partition coefficient (Wildman–Crippen LogP) is -0.834. The van der Waals surface area contributed by atoms with Crippen LogP contribution in [0.5, 0.6) is 0 Å². The number of nitrogens with two attached hydrogens (primary N) is 1.